The van der Waals surface area contributed by atoms with Crippen molar-refractivity contribution in [3.8, 4) is 0 Å². The molecular weight excluding hydrogens is 290 g/mol. The van der Waals surface area contributed by atoms with Gasteiger partial charge in [-0.1, -0.05) is 0 Å². The first-order valence-corrected chi connectivity index (χ1v) is 7.89. The fourth-order valence-corrected chi connectivity index (χ4v) is 3.05. The quantitative estimate of drug-likeness (QED) is 0.912. The van der Waals surface area contributed by atoms with E-state index in [1.807, 2.05) is 18.6 Å². The van der Waals surface area contributed by atoms with Gasteiger partial charge in [-0.3, -0.25) is 14.7 Å². The summed E-state index contributed by atoms with van der Waals surface area (Å²) >= 11 is 0. The van der Waals surface area contributed by atoms with Crippen molar-refractivity contribution >= 4 is 5.91 Å². The second kappa shape index (κ2) is 7.28. The summed E-state index contributed by atoms with van der Waals surface area (Å²) in [7, 11) is 0. The fraction of sp³-hybridized carbons (Fsp3) is 0.412. The first-order chi connectivity index (χ1) is 11.2. The molecule has 0 spiro atoms. The number of nitrogens with zero attached hydrogens (tertiary/aromatic N) is 4. The maximum absolute atomic E-state index is 11.1. The van der Waals surface area contributed by atoms with E-state index < -0.39 is 0 Å². The highest BCUT2D eigenvalue weighted by atomic mass is 16.1. The molecule has 1 aliphatic heterocycles. The highest BCUT2D eigenvalue weighted by Gasteiger charge is 2.26. The van der Waals surface area contributed by atoms with Gasteiger partial charge in [-0.2, -0.15) is 0 Å². The van der Waals surface area contributed by atoms with Crippen LogP contribution in [0.3, 0.4) is 0 Å². The highest BCUT2D eigenvalue weighted by Crippen LogP contribution is 2.33. The van der Waals surface area contributed by atoms with Gasteiger partial charge in [-0.15, -0.1) is 0 Å². The number of hydrogen-bond acceptors (Lipinski definition) is 5. The van der Waals surface area contributed by atoms with Crippen molar-refractivity contribution in [3.63, 3.8) is 0 Å². The molecule has 1 atom stereocenters. The molecule has 1 amide bonds. The summed E-state index contributed by atoms with van der Waals surface area (Å²) in [5, 5.41) is 2.80. The monoisotopic (exact) mass is 311 g/mol. The number of rotatable bonds is 5. The molecule has 0 aromatic carbocycles. The third-order valence-electron chi connectivity index (χ3n) is 4.11. The Morgan fingerprint density at radius 2 is 2.22 bits per heavy atom. The largest absolute Gasteiger partial charge is 0.351 e. The summed E-state index contributed by atoms with van der Waals surface area (Å²) in [6.45, 7) is 3.92. The predicted octanol–water partition coefficient (Wildman–Crippen LogP) is 1.84. The van der Waals surface area contributed by atoms with Gasteiger partial charge in [-0.05, 0) is 37.1 Å². The lowest BCUT2D eigenvalue weighted by Crippen LogP contribution is -2.23. The van der Waals surface area contributed by atoms with Crippen molar-refractivity contribution < 1.29 is 4.79 Å². The Morgan fingerprint density at radius 3 is 3.00 bits per heavy atom. The van der Waals surface area contributed by atoms with E-state index in [0.29, 0.717) is 12.6 Å². The molecule has 0 unspecified atom stereocenters. The normalized spacial score (nSPS) is 18.0. The van der Waals surface area contributed by atoms with Crippen LogP contribution in [-0.2, 0) is 17.9 Å². The second-order valence-corrected chi connectivity index (χ2v) is 5.87. The maximum atomic E-state index is 11.1. The maximum Gasteiger partial charge on any atom is 0.217 e. The zero-order chi connectivity index (χ0) is 16.1. The van der Waals surface area contributed by atoms with Gasteiger partial charge >= 0.3 is 0 Å². The van der Waals surface area contributed by atoms with Gasteiger partial charge in [0.05, 0.1) is 12.2 Å². The number of pyridine rings is 1. The topological polar surface area (TPSA) is 71.0 Å². The molecule has 6 nitrogen and oxygen atoms in total. The highest BCUT2D eigenvalue weighted by molar-refractivity contribution is 5.72. The molecule has 2 aromatic rings. The smallest absolute Gasteiger partial charge is 0.217 e. The first kappa shape index (κ1) is 15.6. The Kier molecular flexibility index (Phi) is 4.92. The number of carbonyl (C=O) groups excluding carboxylic acids is 1. The molecule has 1 aliphatic rings. The van der Waals surface area contributed by atoms with E-state index in [9.17, 15) is 4.79 Å². The molecule has 3 rings (SSSR count). The van der Waals surface area contributed by atoms with Gasteiger partial charge in [0.1, 0.15) is 6.33 Å². The SMILES string of the molecule is CC(=O)NCc1cc([C@H]2CCCN2Cc2cncnc2)ccn1. The molecule has 2 aromatic heterocycles. The minimum absolute atomic E-state index is 0.0382. The van der Waals surface area contributed by atoms with Gasteiger partial charge in [0.25, 0.3) is 0 Å². The fourth-order valence-electron chi connectivity index (χ4n) is 3.05. The Balaban J connectivity index is 1.72. The van der Waals surface area contributed by atoms with E-state index in [0.717, 1.165) is 30.8 Å². The average Bonchev–Trinajstić information content (AvgIpc) is 3.02. The van der Waals surface area contributed by atoms with Crippen molar-refractivity contribution in [2.45, 2.75) is 38.9 Å². The number of nitrogens with one attached hydrogen (secondary N) is 1. The molecule has 6 heteroatoms. The molecule has 0 bridgehead atoms. The van der Waals surface area contributed by atoms with Crippen LogP contribution in [0, 0.1) is 0 Å². The Hall–Kier alpha value is -2.34. The van der Waals surface area contributed by atoms with Crippen molar-refractivity contribution in [3.05, 3.63) is 53.9 Å². The van der Waals surface area contributed by atoms with Crippen molar-refractivity contribution in [2.75, 3.05) is 6.54 Å². The van der Waals surface area contributed by atoms with Crippen LogP contribution in [0.4, 0.5) is 0 Å². The Labute approximate surface area is 136 Å². The van der Waals surface area contributed by atoms with Crippen LogP contribution in [0.25, 0.3) is 0 Å². The lowest BCUT2D eigenvalue weighted by molar-refractivity contribution is -0.119. The van der Waals surface area contributed by atoms with E-state index in [2.05, 4.69) is 37.3 Å². The molecular formula is C17H21N5O. The molecule has 3 heterocycles. The minimum Gasteiger partial charge on any atom is -0.351 e. The predicted molar refractivity (Wildman–Crippen MR) is 86.2 cm³/mol. The number of amides is 1. The summed E-state index contributed by atoms with van der Waals surface area (Å²) < 4.78 is 0. The lowest BCUT2D eigenvalue weighted by atomic mass is 10.0. The molecule has 0 radical (unpaired) electrons. The minimum atomic E-state index is -0.0382. The standard InChI is InChI=1S/C17H21N5O/c1-13(23)21-10-16-7-15(4-5-20-16)17-3-2-6-22(17)11-14-8-18-12-19-9-14/h4-5,7-9,12,17H,2-3,6,10-11H2,1H3,(H,21,23)/t17-/m1/s1. The van der Waals surface area contributed by atoms with Crippen LogP contribution in [-0.4, -0.2) is 32.3 Å². The molecule has 1 fully saturated rings. The number of carbonyl (C=O) groups is 1. The van der Waals surface area contributed by atoms with Gasteiger partial charge < -0.3 is 5.32 Å². The van der Waals surface area contributed by atoms with Gasteiger partial charge in [-0.25, -0.2) is 9.97 Å². The zero-order valence-electron chi connectivity index (χ0n) is 13.3. The molecule has 1 N–H and O–H groups in total. The van der Waals surface area contributed by atoms with E-state index in [1.165, 1.54) is 18.9 Å². The molecule has 1 saturated heterocycles. The van der Waals surface area contributed by atoms with E-state index in [-0.39, 0.29) is 5.91 Å². The summed E-state index contributed by atoms with van der Waals surface area (Å²) in [6.07, 6.45) is 9.45. The number of hydrogen-bond donors (Lipinski definition) is 1. The second-order valence-electron chi connectivity index (χ2n) is 5.87. The average molecular weight is 311 g/mol. The Bertz CT molecular complexity index is 661. The number of likely N-dealkylation sites (tertiary alicyclic amines) is 1. The van der Waals surface area contributed by atoms with E-state index in [1.54, 1.807) is 6.33 Å². The molecule has 0 saturated carbocycles. The van der Waals surface area contributed by atoms with E-state index >= 15 is 0 Å². The van der Waals surface area contributed by atoms with Gasteiger partial charge in [0, 0.05) is 43.7 Å². The van der Waals surface area contributed by atoms with Crippen molar-refractivity contribution in [2.24, 2.45) is 0 Å². The van der Waals surface area contributed by atoms with E-state index in [4.69, 9.17) is 0 Å². The van der Waals surface area contributed by atoms with Crippen molar-refractivity contribution in [1.82, 2.24) is 25.2 Å². The van der Waals surface area contributed by atoms with Crippen LogP contribution in [0.1, 0.15) is 42.6 Å². The molecule has 120 valence electrons. The Morgan fingerprint density at radius 1 is 1.39 bits per heavy atom. The third kappa shape index (κ3) is 4.10. The first-order valence-electron chi connectivity index (χ1n) is 7.89. The molecule has 23 heavy (non-hydrogen) atoms. The van der Waals surface area contributed by atoms with Crippen LogP contribution >= 0.6 is 0 Å². The van der Waals surface area contributed by atoms with Crippen LogP contribution < -0.4 is 5.32 Å². The van der Waals surface area contributed by atoms with Crippen LogP contribution in [0.15, 0.2) is 37.1 Å². The van der Waals surface area contributed by atoms with Crippen LogP contribution in [0.5, 0.6) is 0 Å². The van der Waals surface area contributed by atoms with Gasteiger partial charge in [0.2, 0.25) is 5.91 Å². The summed E-state index contributed by atoms with van der Waals surface area (Å²) in [4.78, 5) is 26.0. The third-order valence-corrected chi connectivity index (χ3v) is 4.11. The van der Waals surface area contributed by atoms with Crippen molar-refractivity contribution in [1.29, 1.82) is 0 Å². The summed E-state index contributed by atoms with van der Waals surface area (Å²) in [5.41, 5.74) is 3.29. The molecule has 0 aliphatic carbocycles. The zero-order valence-corrected chi connectivity index (χ0v) is 13.3. The van der Waals surface area contributed by atoms with Gasteiger partial charge in [0.15, 0.2) is 0 Å². The number of aromatic nitrogens is 3. The summed E-state index contributed by atoms with van der Waals surface area (Å²) in [6, 6.07) is 4.55. The van der Waals surface area contributed by atoms with Crippen LogP contribution in [0.2, 0.25) is 0 Å². The lowest BCUT2D eigenvalue weighted by Gasteiger charge is -2.25. The summed E-state index contributed by atoms with van der Waals surface area (Å²) in [5.74, 6) is -0.0382.